The van der Waals surface area contributed by atoms with Crippen molar-refractivity contribution in [1.29, 1.82) is 0 Å². The van der Waals surface area contributed by atoms with E-state index in [9.17, 15) is 4.79 Å². The maximum atomic E-state index is 12.4. The Morgan fingerprint density at radius 2 is 2.10 bits per heavy atom. The maximum Gasteiger partial charge on any atom is 0.227 e. The Kier molecular flexibility index (Phi) is 6.21. The number of aryl methyl sites for hydroxylation is 2. The molecule has 0 radical (unpaired) electrons. The van der Waals surface area contributed by atoms with Gasteiger partial charge in [0, 0.05) is 19.0 Å². The number of hydrogen-bond donors (Lipinski definition) is 2. The van der Waals surface area contributed by atoms with Crippen LogP contribution in [0.5, 0.6) is 0 Å². The summed E-state index contributed by atoms with van der Waals surface area (Å²) in [6.07, 6.45) is 0.379. The predicted molar refractivity (Wildman–Crippen MR) is 84.4 cm³/mol. The minimum absolute atomic E-state index is 0.0591. The van der Waals surface area contributed by atoms with Gasteiger partial charge >= 0.3 is 0 Å². The number of amidine groups is 1. The Balaban J connectivity index is 2.78. The highest BCUT2D eigenvalue weighted by molar-refractivity contribution is 5.83. The first kappa shape index (κ1) is 17.0. The molecule has 0 fully saturated rings. The Hall–Kier alpha value is -2.04. The second-order valence-electron chi connectivity index (χ2n) is 5.47. The number of carbonyl (C=O) groups is 1. The number of nitrogens with two attached hydrogens (primary N) is 1. The van der Waals surface area contributed by atoms with Crippen molar-refractivity contribution in [3.05, 3.63) is 34.9 Å². The molecule has 1 aromatic carbocycles. The summed E-state index contributed by atoms with van der Waals surface area (Å²) in [5.74, 6) is 0.0364. The van der Waals surface area contributed by atoms with E-state index in [1.807, 2.05) is 45.9 Å². The fraction of sp³-hybridized carbons (Fsp3) is 0.500. The van der Waals surface area contributed by atoms with Gasteiger partial charge in [-0.2, -0.15) is 0 Å². The number of rotatable bonds is 6. The molecule has 0 aliphatic heterocycles. The van der Waals surface area contributed by atoms with Crippen LogP contribution in [0.3, 0.4) is 0 Å². The van der Waals surface area contributed by atoms with Crippen molar-refractivity contribution in [2.45, 2.75) is 34.1 Å². The predicted octanol–water partition coefficient (Wildman–Crippen LogP) is 2.08. The standard InChI is InChI=1S/C16H25N3O2/c1-5-19(10-13(4)16(17)18-21)15(20)9-14-8-11(2)6-7-12(14)3/h6-8,13,21H,5,9-10H2,1-4H3,(H2,17,18). The van der Waals surface area contributed by atoms with E-state index in [0.717, 1.165) is 16.7 Å². The first-order valence-corrected chi connectivity index (χ1v) is 7.20. The third-order valence-electron chi connectivity index (χ3n) is 3.70. The zero-order chi connectivity index (χ0) is 16.0. The van der Waals surface area contributed by atoms with E-state index in [2.05, 4.69) is 5.16 Å². The molecule has 0 heterocycles. The van der Waals surface area contributed by atoms with E-state index in [4.69, 9.17) is 10.9 Å². The molecule has 0 spiro atoms. The number of benzene rings is 1. The zero-order valence-electron chi connectivity index (χ0n) is 13.3. The lowest BCUT2D eigenvalue weighted by Gasteiger charge is -2.24. The van der Waals surface area contributed by atoms with E-state index < -0.39 is 0 Å². The summed E-state index contributed by atoms with van der Waals surface area (Å²) in [4.78, 5) is 14.2. The van der Waals surface area contributed by atoms with Gasteiger partial charge < -0.3 is 15.8 Å². The van der Waals surface area contributed by atoms with Crippen LogP contribution in [0, 0.1) is 19.8 Å². The van der Waals surface area contributed by atoms with E-state index in [1.54, 1.807) is 4.90 Å². The first-order valence-electron chi connectivity index (χ1n) is 7.20. The molecule has 0 aliphatic rings. The van der Waals surface area contributed by atoms with Crippen LogP contribution in [-0.4, -0.2) is 34.9 Å². The van der Waals surface area contributed by atoms with Crippen LogP contribution in [0.2, 0.25) is 0 Å². The molecule has 1 rings (SSSR count). The molecule has 1 atom stereocenters. The van der Waals surface area contributed by atoms with Gasteiger partial charge in [0.2, 0.25) is 5.91 Å². The Labute approximate surface area is 126 Å². The highest BCUT2D eigenvalue weighted by atomic mass is 16.4. The largest absolute Gasteiger partial charge is 0.409 e. The van der Waals surface area contributed by atoms with Crippen LogP contribution >= 0.6 is 0 Å². The molecule has 5 nitrogen and oxygen atoms in total. The first-order chi connectivity index (χ1) is 9.88. The summed E-state index contributed by atoms with van der Waals surface area (Å²) in [6.45, 7) is 8.86. The lowest BCUT2D eigenvalue weighted by atomic mass is 10.0. The molecule has 1 amide bonds. The van der Waals surface area contributed by atoms with Crippen molar-refractivity contribution >= 4 is 11.7 Å². The van der Waals surface area contributed by atoms with Crippen molar-refractivity contribution in [2.24, 2.45) is 16.8 Å². The second kappa shape index (κ2) is 7.67. The molecule has 0 bridgehead atoms. The lowest BCUT2D eigenvalue weighted by molar-refractivity contribution is -0.130. The van der Waals surface area contributed by atoms with Crippen LogP contribution in [-0.2, 0) is 11.2 Å². The number of hydrogen-bond acceptors (Lipinski definition) is 3. The molecular weight excluding hydrogens is 266 g/mol. The zero-order valence-corrected chi connectivity index (χ0v) is 13.3. The van der Waals surface area contributed by atoms with Crippen LogP contribution in [0.4, 0.5) is 0 Å². The molecule has 3 N–H and O–H groups in total. The summed E-state index contributed by atoms with van der Waals surface area (Å²) in [5.41, 5.74) is 8.90. The highest BCUT2D eigenvalue weighted by Gasteiger charge is 2.18. The van der Waals surface area contributed by atoms with Gasteiger partial charge in [-0.25, -0.2) is 0 Å². The minimum atomic E-state index is -0.169. The van der Waals surface area contributed by atoms with E-state index >= 15 is 0 Å². The van der Waals surface area contributed by atoms with Gasteiger partial charge in [-0.15, -0.1) is 0 Å². The van der Waals surface area contributed by atoms with Crippen LogP contribution in [0.1, 0.15) is 30.5 Å². The van der Waals surface area contributed by atoms with Crippen LogP contribution in [0.15, 0.2) is 23.4 Å². The SMILES string of the molecule is CCN(CC(C)C(N)=NO)C(=O)Cc1cc(C)ccc1C. The number of nitrogens with zero attached hydrogens (tertiary/aromatic N) is 2. The van der Waals surface area contributed by atoms with Crippen LogP contribution < -0.4 is 5.73 Å². The molecule has 21 heavy (non-hydrogen) atoms. The summed E-state index contributed by atoms with van der Waals surface area (Å²) in [5, 5.41) is 11.7. The third kappa shape index (κ3) is 4.77. The van der Waals surface area contributed by atoms with Gasteiger partial charge in [0.1, 0.15) is 5.84 Å². The monoisotopic (exact) mass is 291 g/mol. The normalized spacial score (nSPS) is 13.0. The van der Waals surface area contributed by atoms with Crippen molar-refractivity contribution in [3.8, 4) is 0 Å². The molecule has 116 valence electrons. The fourth-order valence-electron chi connectivity index (χ4n) is 2.20. The average molecular weight is 291 g/mol. The van der Waals surface area contributed by atoms with E-state index in [-0.39, 0.29) is 17.7 Å². The Morgan fingerprint density at radius 1 is 1.43 bits per heavy atom. The molecule has 1 aromatic rings. The molecule has 0 aromatic heterocycles. The summed E-state index contributed by atoms with van der Waals surface area (Å²) in [7, 11) is 0. The van der Waals surface area contributed by atoms with Gasteiger partial charge in [-0.3, -0.25) is 4.79 Å². The maximum absolute atomic E-state index is 12.4. The van der Waals surface area contributed by atoms with Gasteiger partial charge in [0.25, 0.3) is 0 Å². The molecule has 0 aliphatic carbocycles. The van der Waals surface area contributed by atoms with Gasteiger partial charge in [0.05, 0.1) is 6.42 Å². The molecule has 5 heteroatoms. The topological polar surface area (TPSA) is 78.9 Å². The molecular formula is C16H25N3O2. The Bertz CT molecular complexity index is 526. The number of carbonyl (C=O) groups excluding carboxylic acids is 1. The van der Waals surface area contributed by atoms with Crippen molar-refractivity contribution < 1.29 is 10.0 Å². The minimum Gasteiger partial charge on any atom is -0.409 e. The van der Waals surface area contributed by atoms with Crippen molar-refractivity contribution in [2.75, 3.05) is 13.1 Å². The molecule has 0 saturated carbocycles. The summed E-state index contributed by atoms with van der Waals surface area (Å²) in [6, 6.07) is 6.13. The quantitative estimate of drug-likeness (QED) is 0.364. The second-order valence-corrected chi connectivity index (χ2v) is 5.47. The van der Waals surface area contributed by atoms with Gasteiger partial charge in [0.15, 0.2) is 0 Å². The summed E-state index contributed by atoms with van der Waals surface area (Å²) < 4.78 is 0. The number of oxime groups is 1. The third-order valence-corrected chi connectivity index (χ3v) is 3.70. The molecule has 1 unspecified atom stereocenters. The number of likely N-dealkylation sites (N-methyl/N-ethyl adjacent to an activating group) is 1. The summed E-state index contributed by atoms with van der Waals surface area (Å²) >= 11 is 0. The Morgan fingerprint density at radius 3 is 2.67 bits per heavy atom. The average Bonchev–Trinajstić information content (AvgIpc) is 2.47. The van der Waals surface area contributed by atoms with Crippen molar-refractivity contribution in [1.82, 2.24) is 4.90 Å². The number of amides is 1. The highest BCUT2D eigenvalue weighted by Crippen LogP contribution is 2.13. The van der Waals surface area contributed by atoms with Gasteiger partial charge in [-0.05, 0) is 31.9 Å². The van der Waals surface area contributed by atoms with E-state index in [0.29, 0.717) is 19.5 Å². The van der Waals surface area contributed by atoms with Crippen LogP contribution in [0.25, 0.3) is 0 Å². The van der Waals surface area contributed by atoms with Crippen molar-refractivity contribution in [3.63, 3.8) is 0 Å². The molecule has 0 saturated heterocycles. The fourth-order valence-corrected chi connectivity index (χ4v) is 2.20. The van der Waals surface area contributed by atoms with Gasteiger partial charge in [-0.1, -0.05) is 35.8 Å². The van der Waals surface area contributed by atoms with E-state index in [1.165, 1.54) is 0 Å². The smallest absolute Gasteiger partial charge is 0.227 e. The lowest BCUT2D eigenvalue weighted by Crippen LogP contribution is -2.39.